The van der Waals surface area contributed by atoms with Crippen LogP contribution < -0.4 is 14.4 Å². The van der Waals surface area contributed by atoms with Crippen LogP contribution in [0.4, 0.5) is 5.69 Å². The lowest BCUT2D eigenvalue weighted by Crippen LogP contribution is -2.41. The molecule has 1 aliphatic heterocycles. The Hall–Kier alpha value is -2.69. The van der Waals surface area contributed by atoms with Gasteiger partial charge in [-0.25, -0.2) is 0 Å². The van der Waals surface area contributed by atoms with Crippen LogP contribution in [0.3, 0.4) is 0 Å². The Morgan fingerprint density at radius 1 is 0.933 bits per heavy atom. The minimum atomic E-state index is -0.449. The fourth-order valence-electron chi connectivity index (χ4n) is 3.91. The molecule has 0 N–H and O–H groups in total. The van der Waals surface area contributed by atoms with Gasteiger partial charge in [0.2, 0.25) is 5.91 Å². The number of hydrogen-bond donors (Lipinski definition) is 0. The summed E-state index contributed by atoms with van der Waals surface area (Å²) in [4.78, 5) is 15.1. The fraction of sp³-hybridized carbons (Fsp3) is 0.208. The van der Waals surface area contributed by atoms with Crippen LogP contribution in [0.2, 0.25) is 10.0 Å². The Balaban J connectivity index is 1.99. The molecule has 0 spiro atoms. The first-order valence-electron chi connectivity index (χ1n) is 9.52. The Labute approximate surface area is 185 Å². The van der Waals surface area contributed by atoms with Crippen LogP contribution in [-0.4, -0.2) is 20.1 Å². The number of carbonyl (C=O) groups is 1. The van der Waals surface area contributed by atoms with Crippen LogP contribution in [0, 0.1) is 6.92 Å². The molecule has 4 rings (SSSR count). The SMILES string of the molecule is COc1cc2c(cc1OC)[C@@H](c1cccc(Cl)c1Cl)N(c1ccc(C)cc1)C(=O)C2. The number of aryl methyl sites for hydroxylation is 1. The maximum absolute atomic E-state index is 13.4. The van der Waals surface area contributed by atoms with Crippen molar-refractivity contribution in [3.8, 4) is 11.5 Å². The van der Waals surface area contributed by atoms with Crippen molar-refractivity contribution in [2.24, 2.45) is 0 Å². The number of carbonyl (C=O) groups excluding carboxylic acids is 1. The number of nitrogens with zero attached hydrogens (tertiary/aromatic N) is 1. The third kappa shape index (κ3) is 3.51. The van der Waals surface area contributed by atoms with Gasteiger partial charge in [-0.05, 0) is 53.9 Å². The summed E-state index contributed by atoms with van der Waals surface area (Å²) in [5, 5.41) is 0.870. The zero-order valence-corrected chi connectivity index (χ0v) is 18.4. The van der Waals surface area contributed by atoms with Crippen LogP contribution in [0.5, 0.6) is 11.5 Å². The van der Waals surface area contributed by atoms with E-state index in [2.05, 4.69) is 0 Å². The molecule has 154 valence electrons. The van der Waals surface area contributed by atoms with E-state index in [0.717, 1.165) is 27.9 Å². The average Bonchev–Trinajstić information content (AvgIpc) is 2.75. The molecule has 0 radical (unpaired) electrons. The maximum atomic E-state index is 13.4. The van der Waals surface area contributed by atoms with Gasteiger partial charge in [0.25, 0.3) is 0 Å². The second-order valence-electron chi connectivity index (χ2n) is 7.23. The smallest absolute Gasteiger partial charge is 0.232 e. The van der Waals surface area contributed by atoms with E-state index in [1.807, 2.05) is 55.5 Å². The molecule has 30 heavy (non-hydrogen) atoms. The van der Waals surface area contributed by atoms with Gasteiger partial charge in [-0.15, -0.1) is 0 Å². The summed E-state index contributed by atoms with van der Waals surface area (Å²) in [5.41, 5.74) is 4.48. The maximum Gasteiger partial charge on any atom is 0.232 e. The largest absolute Gasteiger partial charge is 0.493 e. The van der Waals surface area contributed by atoms with Crippen molar-refractivity contribution < 1.29 is 14.3 Å². The molecule has 1 amide bonds. The zero-order valence-electron chi connectivity index (χ0n) is 16.9. The lowest BCUT2D eigenvalue weighted by molar-refractivity contribution is -0.118. The summed E-state index contributed by atoms with van der Waals surface area (Å²) in [6.07, 6.45) is 0.248. The van der Waals surface area contributed by atoms with Gasteiger partial charge < -0.3 is 14.4 Å². The van der Waals surface area contributed by atoms with Gasteiger partial charge in [-0.3, -0.25) is 4.79 Å². The fourth-order valence-corrected chi connectivity index (χ4v) is 4.32. The van der Waals surface area contributed by atoms with Crippen LogP contribution in [0.1, 0.15) is 28.3 Å². The number of hydrogen-bond acceptors (Lipinski definition) is 3. The Morgan fingerprint density at radius 3 is 2.27 bits per heavy atom. The molecule has 0 aromatic heterocycles. The molecule has 4 nitrogen and oxygen atoms in total. The van der Waals surface area contributed by atoms with E-state index < -0.39 is 6.04 Å². The number of methoxy groups -OCH3 is 2. The second kappa shape index (κ2) is 8.21. The van der Waals surface area contributed by atoms with Gasteiger partial charge in [0, 0.05) is 5.69 Å². The van der Waals surface area contributed by atoms with Crippen LogP contribution >= 0.6 is 23.2 Å². The van der Waals surface area contributed by atoms with Crippen molar-refractivity contribution in [3.05, 3.63) is 86.9 Å². The number of ether oxygens (including phenoxy) is 2. The molecular weight excluding hydrogens is 421 g/mol. The highest BCUT2D eigenvalue weighted by Crippen LogP contribution is 2.45. The summed E-state index contributed by atoms with van der Waals surface area (Å²) in [6, 6.07) is 16.7. The first-order chi connectivity index (χ1) is 14.4. The summed E-state index contributed by atoms with van der Waals surface area (Å²) < 4.78 is 11.0. The molecule has 3 aromatic carbocycles. The normalized spacial score (nSPS) is 15.7. The molecule has 0 saturated heterocycles. The van der Waals surface area contributed by atoms with Crippen molar-refractivity contribution in [1.29, 1.82) is 0 Å². The molecule has 0 bridgehead atoms. The predicted molar refractivity (Wildman–Crippen MR) is 120 cm³/mol. The van der Waals surface area contributed by atoms with Gasteiger partial charge in [0.05, 0.1) is 36.7 Å². The van der Waals surface area contributed by atoms with E-state index in [1.165, 1.54) is 0 Å². The second-order valence-corrected chi connectivity index (χ2v) is 8.01. The van der Waals surface area contributed by atoms with E-state index in [0.29, 0.717) is 21.5 Å². The number of halogens is 2. The van der Waals surface area contributed by atoms with E-state index in [1.54, 1.807) is 25.2 Å². The third-order valence-electron chi connectivity index (χ3n) is 5.40. The molecule has 0 saturated carbocycles. The highest BCUT2D eigenvalue weighted by molar-refractivity contribution is 6.42. The van der Waals surface area contributed by atoms with Gasteiger partial charge in [0.15, 0.2) is 11.5 Å². The van der Waals surface area contributed by atoms with Crippen molar-refractivity contribution >= 4 is 34.8 Å². The Morgan fingerprint density at radius 2 is 1.60 bits per heavy atom. The standard InChI is InChI=1S/C24H21Cl2NO3/c1-14-7-9-16(10-8-14)27-22(28)12-15-11-20(29-2)21(30-3)13-18(15)24(27)17-5-4-6-19(25)23(17)26/h4-11,13,24H,12H2,1-3H3/t24-/m1/s1. The van der Waals surface area contributed by atoms with E-state index in [-0.39, 0.29) is 12.3 Å². The molecule has 0 fully saturated rings. The highest BCUT2D eigenvalue weighted by Gasteiger charge is 2.37. The molecule has 1 aliphatic rings. The van der Waals surface area contributed by atoms with Crippen molar-refractivity contribution in [3.63, 3.8) is 0 Å². The average molecular weight is 442 g/mol. The molecule has 1 heterocycles. The number of fused-ring (bicyclic) bond motifs is 1. The van der Waals surface area contributed by atoms with Gasteiger partial charge in [-0.2, -0.15) is 0 Å². The first-order valence-corrected chi connectivity index (χ1v) is 10.3. The monoisotopic (exact) mass is 441 g/mol. The van der Waals surface area contributed by atoms with E-state index in [4.69, 9.17) is 32.7 Å². The number of benzene rings is 3. The lowest BCUT2D eigenvalue weighted by Gasteiger charge is -2.38. The number of amides is 1. The molecule has 1 atom stereocenters. The quantitative estimate of drug-likeness (QED) is 0.498. The third-order valence-corrected chi connectivity index (χ3v) is 6.23. The van der Waals surface area contributed by atoms with E-state index in [9.17, 15) is 4.79 Å². The van der Waals surface area contributed by atoms with Crippen LogP contribution in [0.15, 0.2) is 54.6 Å². The molecule has 0 unspecified atom stereocenters. The molecule has 0 aliphatic carbocycles. The summed E-state index contributed by atoms with van der Waals surface area (Å²) in [5.74, 6) is 1.15. The van der Waals surface area contributed by atoms with Crippen molar-refractivity contribution in [1.82, 2.24) is 0 Å². The van der Waals surface area contributed by atoms with Gasteiger partial charge in [-0.1, -0.05) is 53.0 Å². The molecule has 6 heteroatoms. The minimum absolute atomic E-state index is 0.0281. The number of anilines is 1. The van der Waals surface area contributed by atoms with Crippen LogP contribution in [-0.2, 0) is 11.2 Å². The van der Waals surface area contributed by atoms with Gasteiger partial charge in [0.1, 0.15) is 0 Å². The molecule has 3 aromatic rings. The number of rotatable bonds is 4. The minimum Gasteiger partial charge on any atom is -0.493 e. The zero-order chi connectivity index (χ0) is 21.4. The van der Waals surface area contributed by atoms with Crippen LogP contribution in [0.25, 0.3) is 0 Å². The summed E-state index contributed by atoms with van der Waals surface area (Å²) in [7, 11) is 3.18. The summed E-state index contributed by atoms with van der Waals surface area (Å²) in [6.45, 7) is 2.01. The predicted octanol–water partition coefficient (Wildman–Crippen LogP) is 6.00. The summed E-state index contributed by atoms with van der Waals surface area (Å²) >= 11 is 13.0. The van der Waals surface area contributed by atoms with E-state index >= 15 is 0 Å². The topological polar surface area (TPSA) is 38.8 Å². The van der Waals surface area contributed by atoms with Crippen molar-refractivity contribution in [2.75, 3.05) is 19.1 Å². The Bertz CT molecular complexity index is 1110. The highest BCUT2D eigenvalue weighted by atomic mass is 35.5. The molecular formula is C24H21Cl2NO3. The Kier molecular flexibility index (Phi) is 5.63. The lowest BCUT2D eigenvalue weighted by atomic mass is 9.86. The first kappa shape index (κ1) is 20.6. The van der Waals surface area contributed by atoms with Crippen molar-refractivity contribution in [2.45, 2.75) is 19.4 Å². The van der Waals surface area contributed by atoms with Gasteiger partial charge >= 0.3 is 0 Å².